The van der Waals surface area contributed by atoms with Gasteiger partial charge in [0.1, 0.15) is 17.3 Å². The third-order valence-corrected chi connectivity index (χ3v) is 7.97. The normalized spacial score (nSPS) is 19.2. The summed E-state index contributed by atoms with van der Waals surface area (Å²) in [4.78, 5) is 2.53. The van der Waals surface area contributed by atoms with Gasteiger partial charge in [-0.2, -0.15) is 0 Å². The molecule has 3 aromatic rings. The molecule has 35 heavy (non-hydrogen) atoms. The Labute approximate surface area is 211 Å². The van der Waals surface area contributed by atoms with E-state index < -0.39 is 0 Å². The Morgan fingerprint density at radius 3 is 2.49 bits per heavy atom. The molecule has 2 aromatic carbocycles. The number of likely N-dealkylation sites (tertiary alicyclic amines) is 1. The molecule has 0 N–H and O–H groups in total. The molecule has 2 aliphatic rings. The van der Waals surface area contributed by atoms with E-state index in [9.17, 15) is 0 Å². The van der Waals surface area contributed by atoms with Crippen molar-refractivity contribution in [1.82, 2.24) is 19.7 Å². The second-order valence-corrected chi connectivity index (χ2v) is 10.2. The van der Waals surface area contributed by atoms with Crippen molar-refractivity contribution in [3.63, 3.8) is 0 Å². The monoisotopic (exact) mass is 494 g/mol. The highest BCUT2D eigenvalue weighted by atomic mass is 32.2. The molecule has 1 atom stereocenters. The molecule has 7 nitrogen and oxygen atoms in total. The Morgan fingerprint density at radius 1 is 0.971 bits per heavy atom. The van der Waals surface area contributed by atoms with E-state index in [4.69, 9.17) is 19.3 Å². The molecule has 186 valence electrons. The van der Waals surface area contributed by atoms with Crippen LogP contribution in [-0.2, 0) is 11.3 Å². The van der Waals surface area contributed by atoms with Crippen LogP contribution in [0.4, 0.5) is 0 Å². The fourth-order valence-corrected chi connectivity index (χ4v) is 5.94. The van der Waals surface area contributed by atoms with E-state index in [-0.39, 0.29) is 0 Å². The van der Waals surface area contributed by atoms with Crippen LogP contribution in [0.25, 0.3) is 5.69 Å². The van der Waals surface area contributed by atoms with Gasteiger partial charge in [-0.05, 0) is 68.6 Å². The van der Waals surface area contributed by atoms with Gasteiger partial charge < -0.3 is 14.2 Å². The first kappa shape index (κ1) is 24.2. The van der Waals surface area contributed by atoms with Crippen LogP contribution in [0.3, 0.4) is 0 Å². The minimum Gasteiger partial charge on any atom is -0.497 e. The maximum atomic E-state index is 5.84. The van der Waals surface area contributed by atoms with Gasteiger partial charge in [-0.25, -0.2) is 0 Å². The SMILES string of the molecule is COc1ccc(CN2CCC(c3nnc(SCC4CCCO4)n3-c3cccc(OC)c3)CC2)cc1. The number of hydrogen-bond donors (Lipinski definition) is 0. The minimum atomic E-state index is 0.306. The van der Waals surface area contributed by atoms with Crippen molar-refractivity contribution in [2.45, 2.75) is 49.4 Å². The molecule has 5 rings (SSSR count). The van der Waals surface area contributed by atoms with E-state index in [0.29, 0.717) is 12.0 Å². The number of benzene rings is 2. The Balaban J connectivity index is 1.31. The maximum Gasteiger partial charge on any atom is 0.195 e. The Hall–Kier alpha value is -2.55. The predicted octanol–water partition coefficient (Wildman–Crippen LogP) is 4.94. The van der Waals surface area contributed by atoms with Gasteiger partial charge in [0.25, 0.3) is 0 Å². The second-order valence-electron chi connectivity index (χ2n) is 9.22. The molecule has 2 aliphatic heterocycles. The van der Waals surface area contributed by atoms with Gasteiger partial charge in [0.2, 0.25) is 0 Å². The summed E-state index contributed by atoms with van der Waals surface area (Å²) in [5, 5.41) is 10.3. The summed E-state index contributed by atoms with van der Waals surface area (Å²) < 4.78 is 18.9. The molecule has 0 bridgehead atoms. The molecular formula is C27H34N4O3S. The third-order valence-electron chi connectivity index (χ3n) is 6.91. The topological polar surface area (TPSA) is 61.6 Å². The van der Waals surface area contributed by atoms with Crippen molar-refractivity contribution < 1.29 is 14.2 Å². The van der Waals surface area contributed by atoms with Gasteiger partial charge in [-0.1, -0.05) is 30.0 Å². The third kappa shape index (κ3) is 5.82. The number of ether oxygens (including phenoxy) is 3. The molecule has 0 aliphatic carbocycles. The number of methoxy groups -OCH3 is 2. The zero-order valence-electron chi connectivity index (χ0n) is 20.6. The first-order chi connectivity index (χ1) is 17.2. The molecule has 0 spiro atoms. The zero-order valence-corrected chi connectivity index (χ0v) is 21.4. The summed E-state index contributed by atoms with van der Waals surface area (Å²) in [6.45, 7) is 3.91. The van der Waals surface area contributed by atoms with Crippen LogP contribution in [0.15, 0.2) is 53.7 Å². The minimum absolute atomic E-state index is 0.306. The largest absolute Gasteiger partial charge is 0.497 e. The summed E-state index contributed by atoms with van der Waals surface area (Å²) in [5.74, 6) is 4.07. The van der Waals surface area contributed by atoms with Crippen LogP contribution in [0.5, 0.6) is 11.5 Å². The highest BCUT2D eigenvalue weighted by Gasteiger charge is 2.28. The maximum absolute atomic E-state index is 5.84. The number of piperidine rings is 1. The Kier molecular flexibility index (Phi) is 7.91. The first-order valence-corrected chi connectivity index (χ1v) is 13.4. The molecule has 0 saturated carbocycles. The highest BCUT2D eigenvalue weighted by Crippen LogP contribution is 2.34. The molecule has 8 heteroatoms. The van der Waals surface area contributed by atoms with Gasteiger partial charge in [0.15, 0.2) is 5.16 Å². The fraction of sp³-hybridized carbons (Fsp3) is 0.481. The molecule has 3 heterocycles. The standard InChI is InChI=1S/C27H34N4O3S/c1-32-23-10-8-20(9-11-23)18-30-14-12-21(13-15-30)26-28-29-27(35-19-25-7-4-16-34-25)31(26)22-5-3-6-24(17-22)33-2/h3,5-6,8-11,17,21,25H,4,7,12-16,18-19H2,1-2H3. The number of thioether (sulfide) groups is 1. The van der Waals surface area contributed by atoms with Crippen LogP contribution in [0.1, 0.15) is 43.0 Å². The van der Waals surface area contributed by atoms with Crippen molar-refractivity contribution in [3.8, 4) is 17.2 Å². The summed E-state index contributed by atoms with van der Waals surface area (Å²) >= 11 is 1.75. The number of aromatic nitrogens is 3. The van der Waals surface area contributed by atoms with Crippen LogP contribution in [0.2, 0.25) is 0 Å². The number of nitrogens with zero attached hydrogens (tertiary/aromatic N) is 4. The van der Waals surface area contributed by atoms with Crippen LogP contribution in [-0.4, -0.2) is 65.4 Å². The molecule has 1 aromatic heterocycles. The Bertz CT molecular complexity index is 1090. The van der Waals surface area contributed by atoms with E-state index >= 15 is 0 Å². The smallest absolute Gasteiger partial charge is 0.195 e. The quantitative estimate of drug-likeness (QED) is 0.391. The van der Waals surface area contributed by atoms with Gasteiger partial charge in [-0.15, -0.1) is 10.2 Å². The van der Waals surface area contributed by atoms with Crippen molar-refractivity contribution >= 4 is 11.8 Å². The van der Waals surface area contributed by atoms with Gasteiger partial charge in [0, 0.05) is 30.9 Å². The van der Waals surface area contributed by atoms with Gasteiger partial charge in [0.05, 0.1) is 26.0 Å². The lowest BCUT2D eigenvalue weighted by atomic mass is 9.95. The lowest BCUT2D eigenvalue weighted by molar-refractivity contribution is 0.129. The number of rotatable bonds is 9. The van der Waals surface area contributed by atoms with E-state index in [2.05, 4.69) is 38.8 Å². The highest BCUT2D eigenvalue weighted by molar-refractivity contribution is 7.99. The van der Waals surface area contributed by atoms with E-state index in [1.54, 1.807) is 26.0 Å². The van der Waals surface area contributed by atoms with Crippen molar-refractivity contribution in [1.29, 1.82) is 0 Å². The summed E-state index contributed by atoms with van der Waals surface area (Å²) in [5.41, 5.74) is 2.37. The predicted molar refractivity (Wildman–Crippen MR) is 138 cm³/mol. The van der Waals surface area contributed by atoms with E-state index in [1.165, 1.54) is 5.56 Å². The van der Waals surface area contributed by atoms with Crippen LogP contribution < -0.4 is 9.47 Å². The lowest BCUT2D eigenvalue weighted by Crippen LogP contribution is -2.33. The lowest BCUT2D eigenvalue weighted by Gasteiger charge is -2.31. The molecule has 1 unspecified atom stereocenters. The van der Waals surface area contributed by atoms with Gasteiger partial charge in [-0.3, -0.25) is 9.47 Å². The summed E-state index contributed by atoms with van der Waals surface area (Å²) in [7, 11) is 3.41. The molecule has 2 saturated heterocycles. The van der Waals surface area contributed by atoms with Crippen molar-refractivity contribution in [2.75, 3.05) is 39.7 Å². The zero-order chi connectivity index (χ0) is 24.0. The van der Waals surface area contributed by atoms with Crippen molar-refractivity contribution in [2.24, 2.45) is 0 Å². The summed E-state index contributed by atoms with van der Waals surface area (Å²) in [6, 6.07) is 16.6. The van der Waals surface area contributed by atoms with Gasteiger partial charge >= 0.3 is 0 Å². The molecular weight excluding hydrogens is 460 g/mol. The Morgan fingerprint density at radius 2 is 1.77 bits per heavy atom. The average Bonchev–Trinajstić information content (AvgIpc) is 3.58. The fourth-order valence-electron chi connectivity index (χ4n) is 4.91. The summed E-state index contributed by atoms with van der Waals surface area (Å²) in [6.07, 6.45) is 4.71. The van der Waals surface area contributed by atoms with Crippen LogP contribution in [0, 0.1) is 0 Å². The van der Waals surface area contributed by atoms with E-state index in [1.807, 2.05) is 24.3 Å². The van der Waals surface area contributed by atoms with Crippen molar-refractivity contribution in [3.05, 3.63) is 59.9 Å². The average molecular weight is 495 g/mol. The second kappa shape index (κ2) is 11.5. The van der Waals surface area contributed by atoms with E-state index in [0.717, 1.165) is 85.8 Å². The first-order valence-electron chi connectivity index (χ1n) is 12.4. The molecule has 2 fully saturated rings. The molecule has 0 amide bonds. The number of hydrogen-bond acceptors (Lipinski definition) is 7. The van der Waals surface area contributed by atoms with Crippen LogP contribution >= 0.6 is 11.8 Å². The molecule has 0 radical (unpaired) electrons.